The maximum absolute atomic E-state index is 12.2. The van der Waals surface area contributed by atoms with E-state index in [1.165, 1.54) is 0 Å². The van der Waals surface area contributed by atoms with Gasteiger partial charge in [-0.1, -0.05) is 6.07 Å². The van der Waals surface area contributed by atoms with Gasteiger partial charge in [-0.3, -0.25) is 14.9 Å². The number of hydrogen-bond donors (Lipinski definition) is 0. The van der Waals surface area contributed by atoms with E-state index in [-0.39, 0.29) is 18.2 Å². The molecule has 2 aliphatic rings. The summed E-state index contributed by atoms with van der Waals surface area (Å²) in [4.78, 5) is 29.5. The number of aryl methyl sites for hydroxylation is 2. The van der Waals surface area contributed by atoms with Crippen LogP contribution in [0.15, 0.2) is 30.6 Å². The lowest BCUT2D eigenvalue weighted by atomic mass is 10.2. The monoisotopic (exact) mass is 339 g/mol. The van der Waals surface area contributed by atoms with Gasteiger partial charge in [0.1, 0.15) is 6.10 Å². The quantitative estimate of drug-likeness (QED) is 0.845. The third-order valence-electron chi connectivity index (χ3n) is 4.81. The molecule has 7 nitrogen and oxygen atoms in total. The number of amides is 1. The van der Waals surface area contributed by atoms with Gasteiger partial charge in [0, 0.05) is 37.6 Å². The van der Waals surface area contributed by atoms with Crippen LogP contribution in [0.5, 0.6) is 0 Å². The summed E-state index contributed by atoms with van der Waals surface area (Å²) in [5, 5.41) is 0. The molecule has 0 aliphatic carbocycles. The summed E-state index contributed by atoms with van der Waals surface area (Å²) in [6.45, 7) is 5.89. The van der Waals surface area contributed by atoms with E-state index < -0.39 is 0 Å². The number of rotatable bonds is 4. The molecule has 2 aliphatic heterocycles. The van der Waals surface area contributed by atoms with E-state index in [0.29, 0.717) is 13.1 Å². The molecular formula is C18H21N5O2. The maximum Gasteiger partial charge on any atom is 0.410 e. The standard InChI is InChI=1S/C18H21N5O2/c1-12-9-20-13(2)17(21-12)22-10-15-16(11-22)25-18(24)23(15)8-6-14-5-3-4-7-19-14/h3-5,7,9,15-16H,6,8,10-11H2,1-2H3/t15-,16+/m1/s1. The number of hydrogen-bond acceptors (Lipinski definition) is 6. The molecule has 0 unspecified atom stereocenters. The van der Waals surface area contributed by atoms with Crippen molar-refractivity contribution in [3.8, 4) is 0 Å². The van der Waals surface area contributed by atoms with Crippen LogP contribution in [0.1, 0.15) is 17.1 Å². The summed E-state index contributed by atoms with van der Waals surface area (Å²) < 4.78 is 5.58. The largest absolute Gasteiger partial charge is 0.442 e. The number of anilines is 1. The Hall–Kier alpha value is -2.70. The lowest BCUT2D eigenvalue weighted by Crippen LogP contribution is -2.39. The van der Waals surface area contributed by atoms with Crippen LogP contribution in [0.4, 0.5) is 10.6 Å². The Morgan fingerprint density at radius 1 is 1.24 bits per heavy atom. The fraction of sp³-hybridized carbons (Fsp3) is 0.444. The van der Waals surface area contributed by atoms with E-state index in [2.05, 4.69) is 19.9 Å². The summed E-state index contributed by atoms with van der Waals surface area (Å²) >= 11 is 0. The highest BCUT2D eigenvalue weighted by Gasteiger charge is 2.48. The Labute approximate surface area is 146 Å². The molecule has 0 bridgehead atoms. The Kier molecular flexibility index (Phi) is 3.99. The molecule has 7 heteroatoms. The second kappa shape index (κ2) is 6.31. The minimum absolute atomic E-state index is 0.0536. The van der Waals surface area contributed by atoms with Crippen LogP contribution >= 0.6 is 0 Å². The van der Waals surface area contributed by atoms with Crippen molar-refractivity contribution in [2.45, 2.75) is 32.4 Å². The third kappa shape index (κ3) is 3.01. The number of fused-ring (bicyclic) bond motifs is 1. The van der Waals surface area contributed by atoms with Gasteiger partial charge in [0.05, 0.1) is 24.0 Å². The van der Waals surface area contributed by atoms with Crippen molar-refractivity contribution in [2.24, 2.45) is 0 Å². The average Bonchev–Trinajstić information content (AvgIpc) is 3.13. The maximum atomic E-state index is 12.2. The van der Waals surface area contributed by atoms with E-state index in [9.17, 15) is 4.79 Å². The SMILES string of the molecule is Cc1cnc(C)c(N2C[C@@H]3OC(=O)N(CCc4ccccn4)[C@@H]3C2)n1. The first-order valence-corrected chi connectivity index (χ1v) is 8.54. The molecule has 0 aromatic carbocycles. The first-order valence-electron chi connectivity index (χ1n) is 8.54. The van der Waals surface area contributed by atoms with Gasteiger partial charge in [-0.2, -0.15) is 0 Å². The lowest BCUT2D eigenvalue weighted by molar-refractivity contribution is 0.136. The number of carbonyl (C=O) groups is 1. The van der Waals surface area contributed by atoms with Gasteiger partial charge in [-0.15, -0.1) is 0 Å². The Morgan fingerprint density at radius 2 is 2.12 bits per heavy atom. The van der Waals surface area contributed by atoms with Crippen molar-refractivity contribution in [3.63, 3.8) is 0 Å². The predicted octanol–water partition coefficient (Wildman–Crippen LogP) is 1.74. The summed E-state index contributed by atoms with van der Waals surface area (Å²) in [7, 11) is 0. The third-order valence-corrected chi connectivity index (χ3v) is 4.81. The van der Waals surface area contributed by atoms with E-state index in [4.69, 9.17) is 4.74 Å². The van der Waals surface area contributed by atoms with Gasteiger partial charge in [0.15, 0.2) is 5.82 Å². The van der Waals surface area contributed by atoms with Gasteiger partial charge >= 0.3 is 6.09 Å². The summed E-state index contributed by atoms with van der Waals surface area (Å²) in [6, 6.07) is 5.89. The Morgan fingerprint density at radius 3 is 2.92 bits per heavy atom. The molecular weight excluding hydrogens is 318 g/mol. The van der Waals surface area contributed by atoms with Gasteiger partial charge < -0.3 is 9.64 Å². The van der Waals surface area contributed by atoms with Crippen molar-refractivity contribution in [2.75, 3.05) is 24.5 Å². The molecule has 0 saturated carbocycles. The molecule has 2 atom stereocenters. The molecule has 0 radical (unpaired) electrons. The van der Waals surface area contributed by atoms with Crippen LogP contribution in [0.25, 0.3) is 0 Å². The molecule has 4 rings (SSSR count). The number of aromatic nitrogens is 3. The highest BCUT2D eigenvalue weighted by molar-refractivity contribution is 5.71. The highest BCUT2D eigenvalue weighted by Crippen LogP contribution is 2.30. The van der Waals surface area contributed by atoms with Crippen molar-refractivity contribution in [1.82, 2.24) is 19.9 Å². The van der Waals surface area contributed by atoms with E-state index in [0.717, 1.165) is 35.9 Å². The zero-order chi connectivity index (χ0) is 17.4. The molecule has 25 heavy (non-hydrogen) atoms. The molecule has 1 amide bonds. The van der Waals surface area contributed by atoms with E-state index >= 15 is 0 Å². The topological polar surface area (TPSA) is 71.5 Å². The number of nitrogens with zero attached hydrogens (tertiary/aromatic N) is 5. The minimum atomic E-state index is -0.224. The van der Waals surface area contributed by atoms with Crippen LogP contribution in [0, 0.1) is 13.8 Å². The first-order chi connectivity index (χ1) is 12.1. The number of pyridine rings is 1. The van der Waals surface area contributed by atoms with Crippen LogP contribution in [-0.4, -0.2) is 57.7 Å². The zero-order valence-corrected chi connectivity index (χ0v) is 14.4. The summed E-state index contributed by atoms with van der Waals surface area (Å²) in [5.41, 5.74) is 2.77. The van der Waals surface area contributed by atoms with E-state index in [1.54, 1.807) is 12.4 Å². The van der Waals surface area contributed by atoms with Crippen molar-refractivity contribution in [3.05, 3.63) is 47.7 Å². The minimum Gasteiger partial charge on any atom is -0.442 e. The Bertz CT molecular complexity index is 782. The van der Waals surface area contributed by atoms with Crippen LogP contribution in [0.2, 0.25) is 0 Å². The molecule has 2 aromatic rings. The summed E-state index contributed by atoms with van der Waals surface area (Å²) in [5.74, 6) is 0.884. The van der Waals surface area contributed by atoms with Gasteiger partial charge in [0.25, 0.3) is 0 Å². The van der Waals surface area contributed by atoms with Gasteiger partial charge in [-0.25, -0.2) is 9.78 Å². The van der Waals surface area contributed by atoms with Crippen molar-refractivity contribution < 1.29 is 9.53 Å². The fourth-order valence-electron chi connectivity index (χ4n) is 3.54. The van der Waals surface area contributed by atoms with Crippen LogP contribution in [0.3, 0.4) is 0 Å². The molecule has 4 heterocycles. The predicted molar refractivity (Wildman–Crippen MR) is 92.4 cm³/mol. The van der Waals surface area contributed by atoms with Crippen molar-refractivity contribution >= 4 is 11.9 Å². The second-order valence-electron chi connectivity index (χ2n) is 6.58. The van der Waals surface area contributed by atoms with Gasteiger partial charge in [0.2, 0.25) is 0 Å². The molecule has 0 N–H and O–H groups in total. The summed E-state index contributed by atoms with van der Waals surface area (Å²) in [6.07, 6.45) is 3.93. The fourth-order valence-corrected chi connectivity index (χ4v) is 3.54. The molecule has 2 aromatic heterocycles. The normalized spacial score (nSPS) is 22.2. The number of carbonyl (C=O) groups excluding carboxylic acids is 1. The van der Waals surface area contributed by atoms with Gasteiger partial charge in [-0.05, 0) is 26.0 Å². The lowest BCUT2D eigenvalue weighted by Gasteiger charge is -2.23. The van der Waals surface area contributed by atoms with E-state index in [1.807, 2.05) is 36.9 Å². The molecule has 2 fully saturated rings. The zero-order valence-electron chi connectivity index (χ0n) is 14.4. The highest BCUT2D eigenvalue weighted by atomic mass is 16.6. The van der Waals surface area contributed by atoms with Crippen LogP contribution < -0.4 is 4.90 Å². The second-order valence-corrected chi connectivity index (χ2v) is 6.58. The Balaban J connectivity index is 1.47. The molecule has 0 spiro atoms. The smallest absolute Gasteiger partial charge is 0.410 e. The van der Waals surface area contributed by atoms with Crippen molar-refractivity contribution in [1.29, 1.82) is 0 Å². The molecule has 2 saturated heterocycles. The average molecular weight is 339 g/mol. The number of ether oxygens (including phenoxy) is 1. The molecule has 130 valence electrons. The first kappa shape index (κ1) is 15.8. The van der Waals surface area contributed by atoms with Crippen LogP contribution in [-0.2, 0) is 11.2 Å².